The van der Waals surface area contributed by atoms with Crippen molar-refractivity contribution < 1.29 is 24.2 Å². The van der Waals surface area contributed by atoms with Gasteiger partial charge in [-0.05, 0) is 116 Å². The predicted octanol–water partition coefficient (Wildman–Crippen LogP) is 9.44. The number of fused-ring (bicyclic) bond motifs is 9. The van der Waals surface area contributed by atoms with E-state index in [1.807, 2.05) is 66.7 Å². The van der Waals surface area contributed by atoms with Crippen LogP contribution in [0.5, 0.6) is 0 Å². The second-order valence-electron chi connectivity index (χ2n) is 15.0. The summed E-state index contributed by atoms with van der Waals surface area (Å²) in [6.45, 7) is 4.66. The number of allylic oxidation sites excluding steroid dienone is 2. The number of benzene rings is 4. The van der Waals surface area contributed by atoms with Gasteiger partial charge in [-0.2, -0.15) is 0 Å². The number of anilines is 1. The van der Waals surface area contributed by atoms with E-state index in [0.717, 1.165) is 40.3 Å². The van der Waals surface area contributed by atoms with E-state index in [1.165, 1.54) is 11.8 Å². The molecule has 1 fully saturated rings. The minimum atomic E-state index is -1.28. The Hall–Kier alpha value is -4.98. The average molecular weight is 697 g/mol. The van der Waals surface area contributed by atoms with Gasteiger partial charge in [0.05, 0.1) is 24.5 Å². The molecule has 4 unspecified atom stereocenters. The van der Waals surface area contributed by atoms with E-state index >= 15 is 0 Å². The topological polar surface area (TPSA) is 103 Å². The molecule has 2 bridgehead atoms. The van der Waals surface area contributed by atoms with Gasteiger partial charge in [0.2, 0.25) is 5.78 Å². The molecule has 3 aliphatic carbocycles. The molecule has 4 aromatic carbocycles. The number of furan rings is 1. The summed E-state index contributed by atoms with van der Waals surface area (Å²) in [6, 6.07) is 32.8. The first-order chi connectivity index (χ1) is 25.1. The van der Waals surface area contributed by atoms with Gasteiger partial charge in [0.15, 0.2) is 5.76 Å². The van der Waals surface area contributed by atoms with E-state index in [1.54, 1.807) is 17.0 Å². The molecule has 7 nitrogen and oxygen atoms in total. The van der Waals surface area contributed by atoms with E-state index in [-0.39, 0.29) is 30.0 Å². The number of aliphatic hydroxyl groups excluding tert-OH is 1. The second-order valence-corrected chi connectivity index (χ2v) is 15.0. The van der Waals surface area contributed by atoms with Crippen molar-refractivity contribution in [3.8, 4) is 0 Å². The Balaban J connectivity index is 1.30. The van der Waals surface area contributed by atoms with Crippen LogP contribution in [-0.2, 0) is 13.0 Å². The summed E-state index contributed by atoms with van der Waals surface area (Å²) in [7, 11) is 0. The summed E-state index contributed by atoms with van der Waals surface area (Å²) in [5.41, 5.74) is 3.19. The number of carbonyl (C=O) groups is 2. The molecule has 8 rings (SSSR count). The van der Waals surface area contributed by atoms with E-state index < -0.39 is 17.1 Å². The maximum Gasteiger partial charge on any atom is 0.322 e. The van der Waals surface area contributed by atoms with Crippen molar-refractivity contribution in [3.63, 3.8) is 0 Å². The van der Waals surface area contributed by atoms with Gasteiger partial charge in [-0.3, -0.25) is 4.79 Å². The first-order valence-electron chi connectivity index (χ1n) is 18.5. The third-order valence-corrected chi connectivity index (χ3v) is 11.7. The minimum Gasteiger partial charge on any atom is -0.461 e. The lowest BCUT2D eigenvalue weighted by Crippen LogP contribution is -2.54. The lowest BCUT2D eigenvalue weighted by atomic mass is 9.64. The van der Waals surface area contributed by atoms with Crippen molar-refractivity contribution in [2.45, 2.75) is 83.0 Å². The van der Waals surface area contributed by atoms with Gasteiger partial charge >= 0.3 is 6.03 Å². The highest BCUT2D eigenvalue weighted by atomic mass is 16.3. The number of rotatable bonds is 7. The fourth-order valence-corrected chi connectivity index (χ4v) is 8.61. The molecule has 3 N–H and O–H groups in total. The van der Waals surface area contributed by atoms with Gasteiger partial charge < -0.3 is 24.8 Å². The monoisotopic (exact) mass is 696 g/mol. The zero-order chi connectivity index (χ0) is 36.3. The molecule has 0 saturated heterocycles. The number of para-hydroxylation sites is 1. The lowest BCUT2D eigenvalue weighted by Gasteiger charge is -2.46. The van der Waals surface area contributed by atoms with E-state index in [9.17, 15) is 19.8 Å². The van der Waals surface area contributed by atoms with Crippen molar-refractivity contribution in [2.75, 3.05) is 11.9 Å². The zero-order valence-corrected chi connectivity index (χ0v) is 30.1. The molecule has 5 aromatic rings. The first-order valence-corrected chi connectivity index (χ1v) is 18.5. The maximum absolute atomic E-state index is 14.3. The molecule has 0 aliphatic heterocycles. The molecule has 1 saturated carbocycles. The van der Waals surface area contributed by atoms with Crippen LogP contribution in [0.4, 0.5) is 10.5 Å². The quantitative estimate of drug-likeness (QED) is 0.116. The van der Waals surface area contributed by atoms with Gasteiger partial charge in [0, 0.05) is 23.2 Å². The summed E-state index contributed by atoms with van der Waals surface area (Å²) in [4.78, 5) is 30.1. The normalized spacial score (nSPS) is 23.4. The van der Waals surface area contributed by atoms with Crippen LogP contribution < -0.4 is 5.32 Å². The van der Waals surface area contributed by atoms with Crippen LogP contribution in [0.25, 0.3) is 10.8 Å². The number of nitrogens with zero attached hydrogens (tertiary/aromatic N) is 1. The van der Waals surface area contributed by atoms with Gasteiger partial charge in [-0.15, -0.1) is 0 Å². The van der Waals surface area contributed by atoms with Crippen molar-refractivity contribution in [3.05, 3.63) is 149 Å². The molecule has 0 spiro atoms. The average Bonchev–Trinajstić information content (AvgIpc) is 3.77. The highest BCUT2D eigenvalue weighted by Crippen LogP contribution is 2.59. The van der Waals surface area contributed by atoms with E-state index in [0.29, 0.717) is 49.9 Å². The molecule has 52 heavy (non-hydrogen) atoms. The van der Waals surface area contributed by atoms with Crippen LogP contribution in [0.15, 0.2) is 125 Å². The number of urea groups is 1. The standard InChI is InChI=1S/C45H48N2O5/c1-31-11-9-24-44(2)40(38-22-20-32(27-36(48)21-19-31)28-39(38)42(49)41-18-10-26-52-41)23-25-45(44,51)30-47(43(50)46-35-15-4-3-5-16-35)29-34-14-8-13-33-12-6-7-17-37(33)34/h3-8,10-18,20,22,26,28,36,40,48,51H,9,19,21,23-25,27,29-30H2,1-2H3,(H,46,50). The highest BCUT2D eigenvalue weighted by molar-refractivity contribution is 6.08. The van der Waals surface area contributed by atoms with Gasteiger partial charge in [0.25, 0.3) is 0 Å². The molecule has 4 atom stereocenters. The summed E-state index contributed by atoms with van der Waals surface area (Å²) >= 11 is 0. The molecule has 0 radical (unpaired) electrons. The van der Waals surface area contributed by atoms with Gasteiger partial charge in [0.1, 0.15) is 0 Å². The molecule has 2 amide bonds. The Kier molecular flexibility index (Phi) is 10.2. The summed E-state index contributed by atoms with van der Waals surface area (Å²) in [6.07, 6.45) is 7.49. The van der Waals surface area contributed by atoms with Crippen LogP contribution in [0, 0.1) is 5.41 Å². The number of aliphatic hydroxyl groups is 2. The number of hydrogen-bond acceptors (Lipinski definition) is 5. The van der Waals surface area contributed by atoms with E-state index in [4.69, 9.17) is 4.42 Å². The molecule has 1 aromatic heterocycles. The van der Waals surface area contributed by atoms with Crippen molar-refractivity contribution >= 4 is 28.3 Å². The van der Waals surface area contributed by atoms with Gasteiger partial charge in [-0.1, -0.05) is 91.4 Å². The largest absolute Gasteiger partial charge is 0.461 e. The molecule has 1 heterocycles. The third kappa shape index (κ3) is 7.21. The summed E-state index contributed by atoms with van der Waals surface area (Å²) in [5.74, 6) is -0.136. The van der Waals surface area contributed by atoms with Crippen LogP contribution >= 0.6 is 0 Å². The highest BCUT2D eigenvalue weighted by Gasteiger charge is 2.57. The Morgan fingerprint density at radius 3 is 2.52 bits per heavy atom. The smallest absolute Gasteiger partial charge is 0.322 e. The number of nitrogens with one attached hydrogen (secondary N) is 1. The van der Waals surface area contributed by atoms with Crippen molar-refractivity contribution in [1.29, 1.82) is 0 Å². The first kappa shape index (κ1) is 35.4. The van der Waals surface area contributed by atoms with Crippen molar-refractivity contribution in [1.82, 2.24) is 4.90 Å². The number of ketones is 1. The molecule has 7 heteroatoms. The Morgan fingerprint density at radius 2 is 1.71 bits per heavy atom. The Bertz CT molecular complexity index is 2070. The van der Waals surface area contributed by atoms with E-state index in [2.05, 4.69) is 49.5 Å². The van der Waals surface area contributed by atoms with Crippen LogP contribution in [0.1, 0.15) is 91.1 Å². The van der Waals surface area contributed by atoms with Crippen LogP contribution in [0.3, 0.4) is 0 Å². The summed E-state index contributed by atoms with van der Waals surface area (Å²) in [5, 5.41) is 29.3. The fraction of sp³-hybridized carbons (Fsp3) is 0.333. The number of carbonyl (C=O) groups excluding carboxylic acids is 2. The lowest BCUT2D eigenvalue weighted by molar-refractivity contribution is -0.0773. The maximum atomic E-state index is 14.3. The predicted molar refractivity (Wildman–Crippen MR) is 205 cm³/mol. The van der Waals surface area contributed by atoms with Crippen molar-refractivity contribution in [2.24, 2.45) is 5.41 Å². The molecule has 3 aliphatic rings. The minimum absolute atomic E-state index is 0.107. The Morgan fingerprint density at radius 1 is 0.923 bits per heavy atom. The molecular formula is C45H48N2O5. The summed E-state index contributed by atoms with van der Waals surface area (Å²) < 4.78 is 5.60. The van der Waals surface area contributed by atoms with Gasteiger partial charge in [-0.25, -0.2) is 4.79 Å². The molecule has 268 valence electrons. The van der Waals surface area contributed by atoms with Crippen LogP contribution in [0.2, 0.25) is 0 Å². The molecular weight excluding hydrogens is 649 g/mol. The fourth-order valence-electron chi connectivity index (χ4n) is 8.61. The number of hydrogen-bond donors (Lipinski definition) is 3. The zero-order valence-electron chi connectivity index (χ0n) is 30.1. The number of amides is 2. The third-order valence-electron chi connectivity index (χ3n) is 11.7. The SMILES string of the molecule is CC1=CCCC2(C)C(CCC2(O)CN(Cc2cccc3ccccc23)C(=O)Nc2ccccc2)c2ccc(cc2C(=O)c2ccco2)CC(O)CC1. The second kappa shape index (κ2) is 14.9. The Labute approximate surface area is 306 Å². The van der Waals surface area contributed by atoms with Crippen LogP contribution in [-0.4, -0.2) is 45.2 Å².